The fourth-order valence-electron chi connectivity index (χ4n) is 3.39. The molecule has 0 aliphatic carbocycles. The molecule has 0 unspecified atom stereocenters. The molecule has 2 aromatic heterocycles. The van der Waals surface area contributed by atoms with Crippen LogP contribution in [0.3, 0.4) is 0 Å². The van der Waals surface area contributed by atoms with E-state index >= 15 is 0 Å². The summed E-state index contributed by atoms with van der Waals surface area (Å²) < 4.78 is 39.8. The second kappa shape index (κ2) is 6.88. The van der Waals surface area contributed by atoms with E-state index in [0.29, 0.717) is 48.8 Å². The maximum atomic E-state index is 13.3. The lowest BCUT2D eigenvalue weighted by Gasteiger charge is -2.36. The number of fused-ring (bicyclic) bond motifs is 1. The Morgan fingerprint density at radius 3 is 2.07 bits per heavy atom. The maximum Gasteiger partial charge on any atom is 0.451 e. The first-order valence-electron chi connectivity index (χ1n) is 8.97. The van der Waals surface area contributed by atoms with Crippen molar-refractivity contribution >= 4 is 22.7 Å². The van der Waals surface area contributed by atoms with Crippen molar-refractivity contribution < 1.29 is 13.2 Å². The summed E-state index contributed by atoms with van der Waals surface area (Å²) in [5.74, 6) is -0.138. The normalized spacial score (nSPS) is 15.3. The van der Waals surface area contributed by atoms with Crippen LogP contribution < -0.4 is 9.80 Å². The van der Waals surface area contributed by atoms with E-state index < -0.39 is 12.0 Å². The molecule has 0 bridgehead atoms. The van der Waals surface area contributed by atoms with Crippen LogP contribution in [0.1, 0.15) is 17.2 Å². The van der Waals surface area contributed by atoms with Crippen LogP contribution in [0.2, 0.25) is 0 Å². The van der Waals surface area contributed by atoms with Gasteiger partial charge in [-0.1, -0.05) is 12.1 Å². The Morgan fingerprint density at radius 1 is 0.821 bits per heavy atom. The Kier molecular flexibility index (Phi) is 4.52. The van der Waals surface area contributed by atoms with Gasteiger partial charge in [0.15, 0.2) is 0 Å². The molecule has 28 heavy (non-hydrogen) atoms. The summed E-state index contributed by atoms with van der Waals surface area (Å²) in [4.78, 5) is 20.4. The van der Waals surface area contributed by atoms with Gasteiger partial charge in [0.1, 0.15) is 5.82 Å². The number of aromatic nitrogens is 4. The molecule has 0 amide bonds. The lowest BCUT2D eigenvalue weighted by molar-refractivity contribution is -0.144. The molecule has 0 radical (unpaired) electrons. The van der Waals surface area contributed by atoms with E-state index in [9.17, 15) is 13.2 Å². The summed E-state index contributed by atoms with van der Waals surface area (Å²) in [6.07, 6.45) is -4.59. The molecule has 0 saturated carbocycles. The van der Waals surface area contributed by atoms with E-state index in [0.717, 1.165) is 11.4 Å². The number of anilines is 2. The molecule has 0 spiro atoms. The van der Waals surface area contributed by atoms with Crippen LogP contribution in [0, 0.1) is 13.8 Å². The topological polar surface area (TPSA) is 58.0 Å². The number of nitrogens with zero attached hydrogens (tertiary/aromatic N) is 6. The van der Waals surface area contributed by atoms with Crippen molar-refractivity contribution in [3.63, 3.8) is 0 Å². The minimum Gasteiger partial charge on any atom is -0.352 e. The van der Waals surface area contributed by atoms with Crippen molar-refractivity contribution in [3.05, 3.63) is 47.5 Å². The largest absolute Gasteiger partial charge is 0.451 e. The summed E-state index contributed by atoms with van der Waals surface area (Å²) in [5, 5.41) is 0.617. The van der Waals surface area contributed by atoms with Crippen LogP contribution in [0.15, 0.2) is 30.3 Å². The summed E-state index contributed by atoms with van der Waals surface area (Å²) in [7, 11) is 0. The zero-order valence-electron chi connectivity index (χ0n) is 15.5. The average molecular weight is 388 g/mol. The van der Waals surface area contributed by atoms with E-state index in [1.165, 1.54) is 0 Å². The summed E-state index contributed by atoms with van der Waals surface area (Å²) in [6, 6.07) is 8.70. The molecule has 9 heteroatoms. The van der Waals surface area contributed by atoms with E-state index in [1.54, 1.807) is 24.3 Å². The third kappa shape index (κ3) is 3.56. The first kappa shape index (κ1) is 18.4. The number of piperazine rings is 1. The smallest absolute Gasteiger partial charge is 0.352 e. The van der Waals surface area contributed by atoms with Crippen LogP contribution in [-0.2, 0) is 6.18 Å². The summed E-state index contributed by atoms with van der Waals surface area (Å²) in [6.45, 7) is 6.08. The second-order valence-corrected chi connectivity index (χ2v) is 6.81. The highest BCUT2D eigenvalue weighted by molar-refractivity contribution is 5.89. The quantitative estimate of drug-likeness (QED) is 0.671. The van der Waals surface area contributed by atoms with Crippen LogP contribution in [0.25, 0.3) is 10.9 Å². The number of aryl methyl sites for hydroxylation is 2. The van der Waals surface area contributed by atoms with Gasteiger partial charge in [0.05, 0.1) is 5.52 Å². The Labute approximate surface area is 160 Å². The van der Waals surface area contributed by atoms with Crippen molar-refractivity contribution in [2.24, 2.45) is 0 Å². The van der Waals surface area contributed by atoms with Crippen LogP contribution in [-0.4, -0.2) is 46.1 Å². The van der Waals surface area contributed by atoms with Gasteiger partial charge >= 0.3 is 6.18 Å². The predicted octanol–water partition coefficient (Wildman–Crippen LogP) is 3.38. The van der Waals surface area contributed by atoms with E-state index in [4.69, 9.17) is 0 Å². The minimum atomic E-state index is -4.59. The van der Waals surface area contributed by atoms with Crippen LogP contribution in [0.4, 0.5) is 24.9 Å². The molecule has 3 aromatic rings. The molecule has 1 aliphatic heterocycles. The molecule has 1 aromatic carbocycles. The van der Waals surface area contributed by atoms with Gasteiger partial charge in [-0.2, -0.15) is 13.2 Å². The van der Waals surface area contributed by atoms with Gasteiger partial charge in [0.25, 0.3) is 0 Å². The number of halogens is 3. The molecule has 1 aliphatic rings. The van der Waals surface area contributed by atoms with Gasteiger partial charge in [-0.25, -0.2) is 19.9 Å². The van der Waals surface area contributed by atoms with E-state index in [2.05, 4.69) is 19.9 Å². The zero-order chi connectivity index (χ0) is 19.9. The fourth-order valence-corrected chi connectivity index (χ4v) is 3.39. The first-order chi connectivity index (χ1) is 13.3. The zero-order valence-corrected chi connectivity index (χ0v) is 15.5. The molecular weight excluding hydrogens is 369 g/mol. The number of hydrogen-bond acceptors (Lipinski definition) is 6. The highest BCUT2D eigenvalue weighted by atomic mass is 19.4. The number of para-hydroxylation sites is 1. The van der Waals surface area contributed by atoms with E-state index in [-0.39, 0.29) is 0 Å². The van der Waals surface area contributed by atoms with Gasteiger partial charge in [0.2, 0.25) is 11.8 Å². The Bertz CT molecular complexity index is 992. The molecule has 4 rings (SSSR count). The monoisotopic (exact) mass is 388 g/mol. The molecule has 6 nitrogen and oxygen atoms in total. The van der Waals surface area contributed by atoms with E-state index in [1.807, 2.05) is 29.7 Å². The molecular formula is C19H19F3N6. The SMILES string of the molecule is Cc1cc(C)nc(N2CCN(c3nc(C(F)(F)F)nc4ccccc34)CC2)n1. The Morgan fingerprint density at radius 2 is 1.43 bits per heavy atom. The molecule has 0 N–H and O–H groups in total. The van der Waals surface area contributed by atoms with Gasteiger partial charge in [0, 0.05) is 43.0 Å². The summed E-state index contributed by atoms with van der Waals surface area (Å²) in [5.41, 5.74) is 2.07. The van der Waals surface area contributed by atoms with Gasteiger partial charge in [-0.3, -0.25) is 0 Å². The van der Waals surface area contributed by atoms with Gasteiger partial charge in [-0.05, 0) is 32.0 Å². The van der Waals surface area contributed by atoms with Crippen molar-refractivity contribution in [3.8, 4) is 0 Å². The molecule has 3 heterocycles. The Balaban J connectivity index is 1.63. The predicted molar refractivity (Wildman–Crippen MR) is 100 cm³/mol. The van der Waals surface area contributed by atoms with Crippen molar-refractivity contribution in [2.75, 3.05) is 36.0 Å². The fraction of sp³-hybridized carbons (Fsp3) is 0.368. The number of benzene rings is 1. The number of alkyl halides is 3. The van der Waals surface area contributed by atoms with Crippen molar-refractivity contribution in [2.45, 2.75) is 20.0 Å². The summed E-state index contributed by atoms with van der Waals surface area (Å²) >= 11 is 0. The highest BCUT2D eigenvalue weighted by Crippen LogP contribution is 2.32. The Hall–Kier alpha value is -2.97. The lowest BCUT2D eigenvalue weighted by Crippen LogP contribution is -2.47. The number of rotatable bonds is 2. The van der Waals surface area contributed by atoms with Crippen LogP contribution in [0.5, 0.6) is 0 Å². The first-order valence-corrected chi connectivity index (χ1v) is 8.97. The third-order valence-corrected chi connectivity index (χ3v) is 4.67. The average Bonchev–Trinajstić information content (AvgIpc) is 2.66. The van der Waals surface area contributed by atoms with Crippen molar-refractivity contribution in [1.82, 2.24) is 19.9 Å². The van der Waals surface area contributed by atoms with Gasteiger partial charge < -0.3 is 9.80 Å². The standard InChI is InChI=1S/C19H19F3N6/c1-12-11-13(2)24-18(23-12)28-9-7-27(8-10-28)16-14-5-3-4-6-15(14)25-17(26-16)19(20,21)22/h3-6,11H,7-10H2,1-2H3. The maximum absolute atomic E-state index is 13.3. The third-order valence-electron chi connectivity index (χ3n) is 4.67. The molecule has 146 valence electrons. The van der Waals surface area contributed by atoms with Crippen molar-refractivity contribution in [1.29, 1.82) is 0 Å². The molecule has 1 fully saturated rings. The van der Waals surface area contributed by atoms with Gasteiger partial charge in [-0.15, -0.1) is 0 Å². The number of hydrogen-bond donors (Lipinski definition) is 0. The lowest BCUT2D eigenvalue weighted by atomic mass is 10.2. The van der Waals surface area contributed by atoms with Crippen LogP contribution >= 0.6 is 0 Å². The minimum absolute atomic E-state index is 0.292. The second-order valence-electron chi connectivity index (χ2n) is 6.81. The highest BCUT2D eigenvalue weighted by Gasteiger charge is 2.36. The molecule has 0 atom stereocenters. The molecule has 1 saturated heterocycles.